The Morgan fingerprint density at radius 1 is 1.55 bits per heavy atom. The molecule has 0 bridgehead atoms. The van der Waals surface area contributed by atoms with Crippen molar-refractivity contribution in [2.45, 2.75) is 38.6 Å². The number of aliphatic hydroxyl groups is 1. The van der Waals surface area contributed by atoms with Gasteiger partial charge in [-0.1, -0.05) is 13.3 Å². The van der Waals surface area contributed by atoms with E-state index in [1.807, 2.05) is 0 Å². The van der Waals surface area contributed by atoms with Crippen molar-refractivity contribution in [3.05, 3.63) is 0 Å². The van der Waals surface area contributed by atoms with Crippen LogP contribution in [-0.2, 0) is 9.47 Å². The fourth-order valence-corrected chi connectivity index (χ4v) is 1.13. The summed E-state index contributed by atoms with van der Waals surface area (Å²) in [6.07, 6.45) is 3.09. The molecule has 11 heavy (non-hydrogen) atoms. The topological polar surface area (TPSA) is 38.7 Å². The minimum Gasteiger partial charge on any atom is -0.394 e. The van der Waals surface area contributed by atoms with Crippen LogP contribution in [0.3, 0.4) is 0 Å². The molecule has 1 aliphatic rings. The predicted octanol–water partition coefficient (Wildman–Crippen LogP) is 0.910. The number of hydrogen-bond donors (Lipinski definition) is 1. The van der Waals surface area contributed by atoms with E-state index in [9.17, 15) is 0 Å². The largest absolute Gasteiger partial charge is 0.394 e. The Morgan fingerprint density at radius 2 is 2.36 bits per heavy atom. The van der Waals surface area contributed by atoms with E-state index in [-0.39, 0.29) is 19.0 Å². The van der Waals surface area contributed by atoms with Gasteiger partial charge in [-0.3, -0.25) is 0 Å². The van der Waals surface area contributed by atoms with Gasteiger partial charge in [0.15, 0.2) is 6.29 Å². The SMILES string of the molecule is CCCCC1OCC(CO)O1. The molecule has 0 amide bonds. The Balaban J connectivity index is 2.09. The number of unbranched alkanes of at least 4 members (excludes halogenated alkanes) is 1. The first-order valence-corrected chi connectivity index (χ1v) is 4.24. The second-order valence-electron chi connectivity index (χ2n) is 2.85. The highest BCUT2D eigenvalue weighted by atomic mass is 16.7. The van der Waals surface area contributed by atoms with Crippen LogP contribution in [0.2, 0.25) is 0 Å². The Labute approximate surface area is 67.3 Å². The van der Waals surface area contributed by atoms with Crippen LogP contribution in [0.15, 0.2) is 0 Å². The lowest BCUT2D eigenvalue weighted by Crippen LogP contribution is -2.16. The van der Waals surface area contributed by atoms with Crippen molar-refractivity contribution in [1.82, 2.24) is 0 Å². The quantitative estimate of drug-likeness (QED) is 0.664. The van der Waals surface area contributed by atoms with E-state index in [1.165, 1.54) is 0 Å². The molecule has 1 N–H and O–H groups in total. The van der Waals surface area contributed by atoms with Crippen LogP contribution in [0.4, 0.5) is 0 Å². The lowest BCUT2D eigenvalue weighted by atomic mass is 10.2. The molecule has 0 saturated carbocycles. The lowest BCUT2D eigenvalue weighted by Gasteiger charge is -2.08. The summed E-state index contributed by atoms with van der Waals surface area (Å²) < 4.78 is 10.6. The molecule has 0 aromatic rings. The van der Waals surface area contributed by atoms with Gasteiger partial charge in [-0.2, -0.15) is 0 Å². The van der Waals surface area contributed by atoms with Crippen molar-refractivity contribution in [3.8, 4) is 0 Å². The molecule has 0 aromatic carbocycles. The minimum absolute atomic E-state index is 0.0629. The lowest BCUT2D eigenvalue weighted by molar-refractivity contribution is -0.0699. The summed E-state index contributed by atoms with van der Waals surface area (Å²) in [4.78, 5) is 0. The van der Waals surface area contributed by atoms with E-state index in [0.29, 0.717) is 6.61 Å². The molecule has 3 heteroatoms. The summed E-state index contributed by atoms with van der Waals surface area (Å²) in [5.41, 5.74) is 0. The number of hydrogen-bond acceptors (Lipinski definition) is 3. The van der Waals surface area contributed by atoms with Crippen LogP contribution in [0.1, 0.15) is 26.2 Å². The Bertz CT molecular complexity index is 106. The highest BCUT2D eigenvalue weighted by molar-refractivity contribution is 4.63. The molecule has 3 nitrogen and oxygen atoms in total. The van der Waals surface area contributed by atoms with Crippen LogP contribution >= 0.6 is 0 Å². The van der Waals surface area contributed by atoms with E-state index < -0.39 is 0 Å². The molecule has 1 aliphatic heterocycles. The number of ether oxygens (including phenoxy) is 2. The van der Waals surface area contributed by atoms with Gasteiger partial charge in [0, 0.05) is 0 Å². The second-order valence-corrected chi connectivity index (χ2v) is 2.85. The Morgan fingerprint density at radius 3 is 2.91 bits per heavy atom. The van der Waals surface area contributed by atoms with Crippen LogP contribution in [0.5, 0.6) is 0 Å². The molecule has 0 radical (unpaired) electrons. The second kappa shape index (κ2) is 4.70. The zero-order chi connectivity index (χ0) is 8.10. The van der Waals surface area contributed by atoms with E-state index in [1.54, 1.807) is 0 Å². The standard InChI is InChI=1S/C8H16O3/c1-2-3-4-8-10-6-7(5-9)11-8/h7-9H,2-6H2,1H3. The third-order valence-corrected chi connectivity index (χ3v) is 1.81. The van der Waals surface area contributed by atoms with Crippen molar-refractivity contribution >= 4 is 0 Å². The summed E-state index contributed by atoms with van der Waals surface area (Å²) in [5, 5.41) is 8.70. The van der Waals surface area contributed by atoms with Crippen molar-refractivity contribution in [2.24, 2.45) is 0 Å². The maximum Gasteiger partial charge on any atom is 0.158 e. The van der Waals surface area contributed by atoms with Crippen molar-refractivity contribution in [3.63, 3.8) is 0 Å². The molecular weight excluding hydrogens is 144 g/mol. The number of aliphatic hydroxyl groups excluding tert-OH is 1. The molecular formula is C8H16O3. The van der Waals surface area contributed by atoms with E-state index in [2.05, 4.69) is 6.92 Å². The summed E-state index contributed by atoms with van der Waals surface area (Å²) >= 11 is 0. The van der Waals surface area contributed by atoms with E-state index in [4.69, 9.17) is 14.6 Å². The summed E-state index contributed by atoms with van der Waals surface area (Å²) in [6, 6.07) is 0. The van der Waals surface area contributed by atoms with Gasteiger partial charge in [-0.25, -0.2) is 0 Å². The zero-order valence-corrected chi connectivity index (χ0v) is 6.95. The first kappa shape index (κ1) is 8.97. The molecule has 1 heterocycles. The summed E-state index contributed by atoms with van der Waals surface area (Å²) in [7, 11) is 0. The number of rotatable bonds is 4. The normalized spacial score (nSPS) is 31.1. The highest BCUT2D eigenvalue weighted by Crippen LogP contribution is 2.15. The molecule has 0 aromatic heterocycles. The molecule has 0 aliphatic carbocycles. The highest BCUT2D eigenvalue weighted by Gasteiger charge is 2.24. The average molecular weight is 160 g/mol. The van der Waals surface area contributed by atoms with Gasteiger partial charge in [0.1, 0.15) is 6.10 Å². The molecule has 1 fully saturated rings. The molecule has 2 unspecified atom stereocenters. The minimum atomic E-state index is -0.0862. The van der Waals surface area contributed by atoms with Crippen molar-refractivity contribution in [1.29, 1.82) is 0 Å². The van der Waals surface area contributed by atoms with Gasteiger partial charge in [-0.15, -0.1) is 0 Å². The van der Waals surface area contributed by atoms with Crippen molar-refractivity contribution < 1.29 is 14.6 Å². The maximum atomic E-state index is 8.70. The van der Waals surface area contributed by atoms with E-state index >= 15 is 0 Å². The third-order valence-electron chi connectivity index (χ3n) is 1.81. The van der Waals surface area contributed by atoms with Crippen LogP contribution in [0.25, 0.3) is 0 Å². The molecule has 1 rings (SSSR count). The van der Waals surface area contributed by atoms with Gasteiger partial charge < -0.3 is 14.6 Å². The smallest absolute Gasteiger partial charge is 0.158 e. The molecule has 2 atom stereocenters. The average Bonchev–Trinajstić information content (AvgIpc) is 2.48. The third kappa shape index (κ3) is 2.77. The van der Waals surface area contributed by atoms with Gasteiger partial charge in [0.05, 0.1) is 13.2 Å². The molecule has 0 spiro atoms. The Hall–Kier alpha value is -0.120. The van der Waals surface area contributed by atoms with Gasteiger partial charge >= 0.3 is 0 Å². The van der Waals surface area contributed by atoms with Gasteiger partial charge in [0.2, 0.25) is 0 Å². The first-order valence-electron chi connectivity index (χ1n) is 4.24. The van der Waals surface area contributed by atoms with Crippen molar-refractivity contribution in [2.75, 3.05) is 13.2 Å². The van der Waals surface area contributed by atoms with Gasteiger partial charge in [0.25, 0.3) is 0 Å². The first-order chi connectivity index (χ1) is 5.36. The molecule has 1 saturated heterocycles. The summed E-state index contributed by atoms with van der Waals surface area (Å²) in [6.45, 7) is 2.76. The van der Waals surface area contributed by atoms with Crippen LogP contribution < -0.4 is 0 Å². The van der Waals surface area contributed by atoms with E-state index in [0.717, 1.165) is 19.3 Å². The van der Waals surface area contributed by atoms with Crippen LogP contribution in [-0.4, -0.2) is 30.7 Å². The fourth-order valence-electron chi connectivity index (χ4n) is 1.13. The summed E-state index contributed by atoms with van der Waals surface area (Å²) in [5.74, 6) is 0. The predicted molar refractivity (Wildman–Crippen MR) is 41.2 cm³/mol. The maximum absolute atomic E-state index is 8.70. The van der Waals surface area contributed by atoms with Gasteiger partial charge in [-0.05, 0) is 12.8 Å². The monoisotopic (exact) mass is 160 g/mol. The Kier molecular flexibility index (Phi) is 3.83. The molecule has 66 valence electrons. The van der Waals surface area contributed by atoms with Crippen LogP contribution in [0, 0.1) is 0 Å². The fraction of sp³-hybridized carbons (Fsp3) is 1.00. The zero-order valence-electron chi connectivity index (χ0n) is 6.95.